The molecule has 0 amide bonds. The molecule has 0 saturated carbocycles. The number of nitrogens with zero attached hydrogens (tertiary/aromatic N) is 2. The summed E-state index contributed by atoms with van der Waals surface area (Å²) in [5.41, 5.74) is 2.53. The van der Waals surface area contributed by atoms with Gasteiger partial charge < -0.3 is 0 Å². The minimum absolute atomic E-state index is 0.184. The predicted octanol–water partition coefficient (Wildman–Crippen LogP) is 0.935. The fourth-order valence-electron chi connectivity index (χ4n) is 1.45. The molecule has 0 fully saturated rings. The molecule has 1 heterocycles. The standard InChI is InChI=1S/C9H9N3O/c1-5-3-6(2)8-7(4-5)9(13)11-12-10-8/h3-4H,1-2H3,(H,10,11,13). The molecule has 0 spiro atoms. The first kappa shape index (κ1) is 7.91. The number of rotatable bonds is 0. The average molecular weight is 175 g/mol. The fourth-order valence-corrected chi connectivity index (χ4v) is 1.45. The Labute approximate surface area is 74.6 Å². The number of aryl methyl sites for hydroxylation is 2. The normalized spacial score (nSPS) is 10.6. The van der Waals surface area contributed by atoms with E-state index in [1.165, 1.54) is 0 Å². The molecular formula is C9H9N3O. The van der Waals surface area contributed by atoms with Crippen LogP contribution in [0.1, 0.15) is 11.1 Å². The monoisotopic (exact) mass is 175 g/mol. The van der Waals surface area contributed by atoms with E-state index in [1.54, 1.807) is 0 Å². The van der Waals surface area contributed by atoms with Crippen LogP contribution in [-0.4, -0.2) is 15.4 Å². The van der Waals surface area contributed by atoms with Gasteiger partial charge in [-0.1, -0.05) is 11.3 Å². The van der Waals surface area contributed by atoms with Crippen molar-refractivity contribution in [3.63, 3.8) is 0 Å². The maximum atomic E-state index is 11.3. The van der Waals surface area contributed by atoms with E-state index >= 15 is 0 Å². The third kappa shape index (κ3) is 1.20. The third-order valence-electron chi connectivity index (χ3n) is 1.99. The van der Waals surface area contributed by atoms with Crippen molar-refractivity contribution in [1.29, 1.82) is 0 Å². The molecule has 0 saturated heterocycles. The Morgan fingerprint density at radius 1 is 1.31 bits per heavy atom. The molecule has 4 nitrogen and oxygen atoms in total. The first-order chi connectivity index (χ1) is 6.18. The molecule has 0 aliphatic rings. The van der Waals surface area contributed by atoms with E-state index in [1.807, 2.05) is 26.0 Å². The van der Waals surface area contributed by atoms with Gasteiger partial charge in [0.15, 0.2) is 0 Å². The van der Waals surface area contributed by atoms with Crippen molar-refractivity contribution >= 4 is 10.9 Å². The average Bonchev–Trinajstić information content (AvgIpc) is 2.07. The van der Waals surface area contributed by atoms with Crippen molar-refractivity contribution < 1.29 is 0 Å². The van der Waals surface area contributed by atoms with Crippen LogP contribution >= 0.6 is 0 Å². The van der Waals surface area contributed by atoms with Crippen molar-refractivity contribution in [3.8, 4) is 0 Å². The molecule has 1 aromatic carbocycles. The summed E-state index contributed by atoms with van der Waals surface area (Å²) < 4.78 is 0. The lowest BCUT2D eigenvalue weighted by molar-refractivity contribution is 0.870. The van der Waals surface area contributed by atoms with E-state index in [4.69, 9.17) is 0 Å². The van der Waals surface area contributed by atoms with Gasteiger partial charge in [-0.2, -0.15) is 0 Å². The third-order valence-corrected chi connectivity index (χ3v) is 1.99. The molecule has 1 aromatic heterocycles. The molecule has 0 aliphatic heterocycles. The van der Waals surface area contributed by atoms with Crippen LogP contribution in [0.3, 0.4) is 0 Å². The topological polar surface area (TPSA) is 58.6 Å². The van der Waals surface area contributed by atoms with Crippen LogP contribution in [0, 0.1) is 13.8 Å². The lowest BCUT2D eigenvalue weighted by atomic mass is 10.1. The van der Waals surface area contributed by atoms with Gasteiger partial charge in [-0.25, -0.2) is 5.10 Å². The second-order valence-electron chi connectivity index (χ2n) is 3.12. The van der Waals surface area contributed by atoms with E-state index in [0.717, 1.165) is 11.1 Å². The number of benzene rings is 1. The maximum Gasteiger partial charge on any atom is 0.275 e. The van der Waals surface area contributed by atoms with Gasteiger partial charge >= 0.3 is 0 Å². The molecule has 0 aliphatic carbocycles. The van der Waals surface area contributed by atoms with Gasteiger partial charge in [-0.05, 0) is 31.0 Å². The quantitative estimate of drug-likeness (QED) is 0.648. The zero-order chi connectivity index (χ0) is 9.42. The smallest absolute Gasteiger partial charge is 0.267 e. The molecule has 0 atom stereocenters. The summed E-state index contributed by atoms with van der Waals surface area (Å²) in [6, 6.07) is 3.80. The fraction of sp³-hybridized carbons (Fsp3) is 0.222. The molecule has 0 unspecified atom stereocenters. The Kier molecular flexibility index (Phi) is 1.62. The number of H-pyrrole nitrogens is 1. The van der Waals surface area contributed by atoms with Crippen molar-refractivity contribution in [3.05, 3.63) is 33.6 Å². The zero-order valence-electron chi connectivity index (χ0n) is 7.46. The minimum atomic E-state index is -0.184. The van der Waals surface area contributed by atoms with Gasteiger partial charge in [0.1, 0.15) is 5.52 Å². The Morgan fingerprint density at radius 3 is 2.85 bits per heavy atom. The van der Waals surface area contributed by atoms with E-state index in [0.29, 0.717) is 10.9 Å². The molecule has 0 bridgehead atoms. The van der Waals surface area contributed by atoms with Crippen molar-refractivity contribution in [1.82, 2.24) is 15.4 Å². The number of fused-ring (bicyclic) bond motifs is 1. The first-order valence-electron chi connectivity index (χ1n) is 4.01. The van der Waals surface area contributed by atoms with Crippen LogP contribution in [-0.2, 0) is 0 Å². The minimum Gasteiger partial charge on any atom is -0.267 e. The number of aromatic amines is 1. The molecule has 0 radical (unpaired) electrons. The summed E-state index contributed by atoms with van der Waals surface area (Å²) in [6.45, 7) is 3.87. The highest BCUT2D eigenvalue weighted by molar-refractivity contribution is 5.80. The van der Waals surface area contributed by atoms with Crippen LogP contribution in [0.25, 0.3) is 10.9 Å². The highest BCUT2D eigenvalue weighted by Crippen LogP contribution is 2.13. The van der Waals surface area contributed by atoms with Gasteiger partial charge in [-0.15, -0.1) is 5.10 Å². The van der Waals surface area contributed by atoms with Gasteiger partial charge in [-0.3, -0.25) is 4.79 Å². The van der Waals surface area contributed by atoms with Crippen LogP contribution in [0.15, 0.2) is 16.9 Å². The molecule has 2 aromatic rings. The van der Waals surface area contributed by atoms with Crippen molar-refractivity contribution in [2.75, 3.05) is 0 Å². The Bertz CT molecular complexity index is 516. The van der Waals surface area contributed by atoms with Gasteiger partial charge in [0, 0.05) is 0 Å². The number of hydrogen-bond acceptors (Lipinski definition) is 3. The largest absolute Gasteiger partial charge is 0.275 e. The summed E-state index contributed by atoms with van der Waals surface area (Å²) in [5.74, 6) is 0. The highest BCUT2D eigenvalue weighted by atomic mass is 16.1. The Morgan fingerprint density at radius 2 is 2.08 bits per heavy atom. The summed E-state index contributed by atoms with van der Waals surface area (Å²) in [7, 11) is 0. The van der Waals surface area contributed by atoms with Crippen LogP contribution < -0.4 is 5.56 Å². The highest BCUT2D eigenvalue weighted by Gasteiger charge is 2.03. The van der Waals surface area contributed by atoms with E-state index in [2.05, 4.69) is 15.4 Å². The van der Waals surface area contributed by atoms with Crippen LogP contribution in [0.5, 0.6) is 0 Å². The molecule has 13 heavy (non-hydrogen) atoms. The molecule has 2 rings (SSSR count). The van der Waals surface area contributed by atoms with Gasteiger partial charge in [0.2, 0.25) is 0 Å². The summed E-state index contributed by atoms with van der Waals surface area (Å²) in [5, 5.41) is 10.3. The van der Waals surface area contributed by atoms with E-state index in [9.17, 15) is 4.79 Å². The predicted molar refractivity (Wildman–Crippen MR) is 49.6 cm³/mol. The summed E-state index contributed by atoms with van der Waals surface area (Å²) in [6.07, 6.45) is 0. The molecule has 4 heteroatoms. The Hall–Kier alpha value is -1.71. The lowest BCUT2D eigenvalue weighted by Gasteiger charge is -1.99. The SMILES string of the molecule is Cc1cc(C)c2nn[nH]c(=O)c2c1. The van der Waals surface area contributed by atoms with Gasteiger partial charge in [0.05, 0.1) is 5.39 Å². The van der Waals surface area contributed by atoms with Gasteiger partial charge in [0.25, 0.3) is 5.56 Å². The summed E-state index contributed by atoms with van der Waals surface area (Å²) in [4.78, 5) is 11.3. The second kappa shape index (κ2) is 2.65. The number of hydrogen-bond donors (Lipinski definition) is 1. The molecule has 66 valence electrons. The lowest BCUT2D eigenvalue weighted by Crippen LogP contribution is -2.10. The zero-order valence-corrected chi connectivity index (χ0v) is 7.46. The van der Waals surface area contributed by atoms with E-state index < -0.39 is 0 Å². The number of aromatic nitrogens is 3. The number of nitrogens with one attached hydrogen (secondary N) is 1. The van der Waals surface area contributed by atoms with Crippen LogP contribution in [0.4, 0.5) is 0 Å². The molecular weight excluding hydrogens is 166 g/mol. The van der Waals surface area contributed by atoms with E-state index in [-0.39, 0.29) is 5.56 Å². The van der Waals surface area contributed by atoms with Crippen molar-refractivity contribution in [2.45, 2.75) is 13.8 Å². The van der Waals surface area contributed by atoms with Crippen molar-refractivity contribution in [2.24, 2.45) is 0 Å². The first-order valence-corrected chi connectivity index (χ1v) is 4.01. The second-order valence-corrected chi connectivity index (χ2v) is 3.12. The Balaban J connectivity index is 3.03. The summed E-state index contributed by atoms with van der Waals surface area (Å²) >= 11 is 0. The molecule has 1 N–H and O–H groups in total. The maximum absolute atomic E-state index is 11.3. The van der Waals surface area contributed by atoms with Crippen LogP contribution in [0.2, 0.25) is 0 Å².